The van der Waals surface area contributed by atoms with E-state index in [2.05, 4.69) is 6.07 Å². The van der Waals surface area contributed by atoms with E-state index in [0.717, 1.165) is 33.6 Å². The van der Waals surface area contributed by atoms with Crippen molar-refractivity contribution in [2.24, 2.45) is 12.8 Å². The molecule has 1 amide bonds. The second-order valence-corrected chi connectivity index (χ2v) is 6.42. The van der Waals surface area contributed by atoms with Gasteiger partial charge in [0.25, 0.3) is 5.91 Å². The number of hydrogen-bond acceptors (Lipinski definition) is 1. The van der Waals surface area contributed by atoms with Crippen molar-refractivity contribution in [3.63, 3.8) is 0 Å². The normalized spacial score (nSPS) is 9.71. The van der Waals surface area contributed by atoms with Crippen LogP contribution in [0.1, 0.15) is 49.3 Å². The van der Waals surface area contributed by atoms with Crippen LogP contribution in [0.2, 0.25) is 5.02 Å². The Kier molecular flexibility index (Phi) is 9.01. The maximum atomic E-state index is 12.1. The minimum atomic E-state index is -0.417. The third kappa shape index (κ3) is 4.85. The molecule has 0 saturated carbocycles. The zero-order valence-corrected chi connectivity index (χ0v) is 18.7. The number of aryl methyl sites for hydroxylation is 1. The molecule has 3 nitrogen and oxygen atoms in total. The summed E-state index contributed by atoms with van der Waals surface area (Å²) in [6.45, 7) is 11.9. The van der Waals surface area contributed by atoms with E-state index < -0.39 is 5.91 Å². The smallest absolute Gasteiger partial charge is 0.251 e. The van der Waals surface area contributed by atoms with Crippen molar-refractivity contribution in [1.82, 2.24) is 4.57 Å². The Morgan fingerprint density at radius 2 is 1.50 bits per heavy atom. The van der Waals surface area contributed by atoms with E-state index in [-0.39, 0.29) is 0 Å². The monoisotopic (exact) mass is 398 g/mol. The SMILES string of the molecule is CC.CC.Cc1cccc(-c2c(C(N)=O)c(C)n(C)c2-c2ccc(Cl)cc2)c1. The van der Waals surface area contributed by atoms with Crippen molar-refractivity contribution >= 4 is 17.5 Å². The number of nitrogens with two attached hydrogens (primary N) is 1. The Morgan fingerprint density at radius 1 is 0.929 bits per heavy atom. The van der Waals surface area contributed by atoms with Gasteiger partial charge in [-0.3, -0.25) is 4.79 Å². The molecule has 0 aliphatic heterocycles. The first-order valence-corrected chi connectivity index (χ1v) is 10.1. The van der Waals surface area contributed by atoms with Gasteiger partial charge in [0, 0.05) is 23.3 Å². The number of aromatic nitrogens is 1. The van der Waals surface area contributed by atoms with Gasteiger partial charge in [-0.2, -0.15) is 0 Å². The van der Waals surface area contributed by atoms with Gasteiger partial charge in [-0.15, -0.1) is 0 Å². The average molecular weight is 399 g/mol. The highest BCUT2D eigenvalue weighted by Crippen LogP contribution is 2.39. The number of benzene rings is 2. The third-order valence-electron chi connectivity index (χ3n) is 4.36. The van der Waals surface area contributed by atoms with Crippen LogP contribution < -0.4 is 5.73 Å². The molecule has 1 aromatic heterocycles. The summed E-state index contributed by atoms with van der Waals surface area (Å²) >= 11 is 6.02. The van der Waals surface area contributed by atoms with Crippen molar-refractivity contribution in [2.45, 2.75) is 41.5 Å². The number of hydrogen-bond donors (Lipinski definition) is 1. The topological polar surface area (TPSA) is 48.0 Å². The summed E-state index contributed by atoms with van der Waals surface area (Å²) in [6.07, 6.45) is 0. The Hall–Kier alpha value is -2.52. The molecular formula is C24H31ClN2O. The van der Waals surface area contributed by atoms with Crippen molar-refractivity contribution in [2.75, 3.05) is 0 Å². The summed E-state index contributed by atoms with van der Waals surface area (Å²) in [4.78, 5) is 12.1. The molecule has 1 heterocycles. The fraction of sp³-hybridized carbons (Fsp3) is 0.292. The van der Waals surface area contributed by atoms with Crippen LogP contribution in [-0.4, -0.2) is 10.5 Å². The van der Waals surface area contributed by atoms with Crippen LogP contribution >= 0.6 is 11.6 Å². The van der Waals surface area contributed by atoms with Crippen LogP contribution in [0, 0.1) is 13.8 Å². The van der Waals surface area contributed by atoms with Gasteiger partial charge in [0.2, 0.25) is 0 Å². The van der Waals surface area contributed by atoms with E-state index in [1.807, 2.05) is 95.6 Å². The summed E-state index contributed by atoms with van der Waals surface area (Å²) in [5.74, 6) is -0.417. The highest BCUT2D eigenvalue weighted by atomic mass is 35.5. The number of amides is 1. The van der Waals surface area contributed by atoms with E-state index in [1.165, 1.54) is 0 Å². The lowest BCUT2D eigenvalue weighted by molar-refractivity contribution is 0.1000. The summed E-state index contributed by atoms with van der Waals surface area (Å²) in [5, 5.41) is 0.678. The van der Waals surface area contributed by atoms with Gasteiger partial charge in [0.15, 0.2) is 0 Å². The van der Waals surface area contributed by atoms with Crippen molar-refractivity contribution in [3.8, 4) is 22.4 Å². The van der Waals surface area contributed by atoms with E-state index >= 15 is 0 Å². The number of carbonyl (C=O) groups is 1. The Morgan fingerprint density at radius 3 is 2.00 bits per heavy atom. The molecule has 2 aromatic carbocycles. The molecule has 0 fully saturated rings. The molecule has 0 bridgehead atoms. The van der Waals surface area contributed by atoms with Gasteiger partial charge in [-0.25, -0.2) is 0 Å². The molecule has 0 aliphatic carbocycles. The number of primary amides is 1. The lowest BCUT2D eigenvalue weighted by Gasteiger charge is -2.10. The standard InChI is InChI=1S/C20H19ClN2O.2C2H6/c1-12-5-4-6-15(11-12)18-17(20(22)24)13(2)23(3)19(18)14-7-9-16(21)10-8-14;2*1-2/h4-11H,1-3H3,(H2,22,24);2*1-2H3. The van der Waals surface area contributed by atoms with E-state index in [9.17, 15) is 4.79 Å². The Bertz CT molecular complexity index is 925. The minimum absolute atomic E-state index is 0.417. The molecule has 2 N–H and O–H groups in total. The zero-order valence-electron chi connectivity index (χ0n) is 17.9. The quantitative estimate of drug-likeness (QED) is 0.519. The van der Waals surface area contributed by atoms with Crippen LogP contribution in [0.5, 0.6) is 0 Å². The van der Waals surface area contributed by atoms with Crippen LogP contribution in [0.4, 0.5) is 0 Å². The van der Waals surface area contributed by atoms with Gasteiger partial charge in [0.1, 0.15) is 0 Å². The van der Waals surface area contributed by atoms with Crippen LogP contribution in [0.15, 0.2) is 48.5 Å². The Balaban J connectivity index is 0.000000921. The van der Waals surface area contributed by atoms with Gasteiger partial charge in [-0.1, -0.05) is 81.3 Å². The summed E-state index contributed by atoms with van der Waals surface area (Å²) in [6, 6.07) is 15.7. The van der Waals surface area contributed by atoms with Crippen LogP contribution in [0.3, 0.4) is 0 Å². The first-order chi connectivity index (χ1) is 13.4. The van der Waals surface area contributed by atoms with E-state index in [0.29, 0.717) is 10.6 Å². The molecule has 150 valence electrons. The molecule has 0 spiro atoms. The number of nitrogens with zero attached hydrogens (tertiary/aromatic N) is 1. The van der Waals surface area contributed by atoms with Crippen molar-refractivity contribution in [3.05, 3.63) is 70.4 Å². The van der Waals surface area contributed by atoms with E-state index in [1.54, 1.807) is 0 Å². The fourth-order valence-electron chi connectivity index (χ4n) is 3.13. The highest BCUT2D eigenvalue weighted by molar-refractivity contribution is 6.30. The largest absolute Gasteiger partial charge is 0.366 e. The summed E-state index contributed by atoms with van der Waals surface area (Å²) < 4.78 is 2.01. The summed E-state index contributed by atoms with van der Waals surface area (Å²) in [7, 11) is 1.95. The van der Waals surface area contributed by atoms with Crippen LogP contribution in [0.25, 0.3) is 22.4 Å². The Labute approximate surface area is 174 Å². The average Bonchev–Trinajstić information content (AvgIpc) is 2.97. The maximum absolute atomic E-state index is 12.1. The molecule has 0 saturated heterocycles. The highest BCUT2D eigenvalue weighted by Gasteiger charge is 2.24. The van der Waals surface area contributed by atoms with Crippen molar-refractivity contribution < 1.29 is 4.79 Å². The zero-order chi connectivity index (χ0) is 21.4. The molecule has 0 unspecified atom stereocenters. The van der Waals surface area contributed by atoms with Crippen LogP contribution in [-0.2, 0) is 7.05 Å². The lowest BCUT2D eigenvalue weighted by Crippen LogP contribution is -2.13. The third-order valence-corrected chi connectivity index (χ3v) is 4.61. The molecule has 0 atom stereocenters. The lowest BCUT2D eigenvalue weighted by atomic mass is 9.95. The molecular weight excluding hydrogens is 368 g/mol. The fourth-order valence-corrected chi connectivity index (χ4v) is 3.26. The predicted octanol–water partition coefficient (Wildman–Crippen LogP) is 6.78. The second kappa shape index (κ2) is 10.7. The first kappa shape index (κ1) is 23.5. The summed E-state index contributed by atoms with van der Waals surface area (Å²) in [5.41, 5.74) is 12.1. The number of carbonyl (C=O) groups excluding carboxylic acids is 1. The van der Waals surface area contributed by atoms with E-state index in [4.69, 9.17) is 17.3 Å². The molecule has 3 aromatic rings. The number of halogens is 1. The minimum Gasteiger partial charge on any atom is -0.366 e. The molecule has 3 rings (SSSR count). The van der Waals surface area contributed by atoms with Gasteiger partial charge in [-0.05, 0) is 37.1 Å². The molecule has 0 aliphatic rings. The second-order valence-electron chi connectivity index (χ2n) is 5.98. The van der Waals surface area contributed by atoms with Gasteiger partial charge in [0.05, 0.1) is 11.3 Å². The predicted molar refractivity (Wildman–Crippen MR) is 122 cm³/mol. The first-order valence-electron chi connectivity index (χ1n) is 9.72. The number of rotatable bonds is 3. The molecule has 0 radical (unpaired) electrons. The molecule has 4 heteroatoms. The van der Waals surface area contributed by atoms with Gasteiger partial charge >= 0.3 is 0 Å². The molecule has 28 heavy (non-hydrogen) atoms. The van der Waals surface area contributed by atoms with Gasteiger partial charge < -0.3 is 10.3 Å². The maximum Gasteiger partial charge on any atom is 0.251 e. The van der Waals surface area contributed by atoms with Crippen molar-refractivity contribution in [1.29, 1.82) is 0 Å².